The molecule has 0 amide bonds. The zero-order chi connectivity index (χ0) is 19.1. The molecule has 0 aliphatic carbocycles. The maximum absolute atomic E-state index is 5.79. The van der Waals surface area contributed by atoms with Crippen LogP contribution in [0.25, 0.3) is 0 Å². The first-order valence-electron chi connectivity index (χ1n) is 9.33. The second-order valence-corrected chi connectivity index (χ2v) is 7.97. The van der Waals surface area contributed by atoms with Gasteiger partial charge in [-0.1, -0.05) is 47.6 Å². The molecule has 4 nitrogen and oxygen atoms in total. The molecule has 1 fully saturated rings. The number of hydrogen-bond donors (Lipinski definition) is 0. The van der Waals surface area contributed by atoms with Crippen LogP contribution in [0, 0.1) is 0 Å². The van der Waals surface area contributed by atoms with E-state index in [1.807, 2.05) is 18.2 Å². The van der Waals surface area contributed by atoms with Crippen LogP contribution in [0.2, 0.25) is 0 Å². The average molecular weight is 385 g/mol. The zero-order valence-corrected chi connectivity index (χ0v) is 17.2. The van der Waals surface area contributed by atoms with Gasteiger partial charge in [0.15, 0.2) is 0 Å². The smallest absolute Gasteiger partial charge is 0.142 e. The molecule has 0 atom stereocenters. The fraction of sp³-hybridized carbons (Fsp3) is 0.409. The van der Waals surface area contributed by atoms with Crippen LogP contribution >= 0.6 is 11.8 Å². The van der Waals surface area contributed by atoms with Crippen LogP contribution in [-0.4, -0.2) is 48.7 Å². The number of hydrogen-bond acceptors (Lipinski definition) is 5. The molecule has 0 saturated carbocycles. The molecule has 0 aromatic heterocycles. The monoisotopic (exact) mass is 384 g/mol. The Kier molecular flexibility index (Phi) is 6.94. The number of nitrogens with zero attached hydrogens (tertiary/aromatic N) is 2. The third-order valence-electron chi connectivity index (χ3n) is 4.97. The predicted molar refractivity (Wildman–Crippen MR) is 112 cm³/mol. The summed E-state index contributed by atoms with van der Waals surface area (Å²) in [5.41, 5.74) is 2.91. The summed E-state index contributed by atoms with van der Waals surface area (Å²) in [6.07, 6.45) is 2.09. The molecule has 2 aromatic carbocycles. The highest BCUT2D eigenvalue weighted by molar-refractivity contribution is 7.98. The lowest BCUT2D eigenvalue weighted by Gasteiger charge is -2.41. The van der Waals surface area contributed by atoms with Gasteiger partial charge in [0.2, 0.25) is 0 Å². The summed E-state index contributed by atoms with van der Waals surface area (Å²) < 4.78 is 5.53. The number of rotatable bonds is 7. The molecule has 0 spiro atoms. The van der Waals surface area contributed by atoms with Gasteiger partial charge in [-0.25, -0.2) is 0 Å². The van der Waals surface area contributed by atoms with Gasteiger partial charge in [-0.3, -0.25) is 4.90 Å². The van der Waals surface area contributed by atoms with E-state index >= 15 is 0 Å². The molecular weight excluding hydrogens is 356 g/mol. The first-order valence-corrected chi connectivity index (χ1v) is 10.6. The highest BCUT2D eigenvalue weighted by Gasteiger charge is 2.35. The van der Waals surface area contributed by atoms with Crippen molar-refractivity contribution in [3.05, 3.63) is 65.7 Å². The molecule has 1 saturated heterocycles. The van der Waals surface area contributed by atoms with Crippen molar-refractivity contribution in [1.29, 1.82) is 0 Å². The van der Waals surface area contributed by atoms with E-state index in [-0.39, 0.29) is 5.54 Å². The van der Waals surface area contributed by atoms with Crippen molar-refractivity contribution >= 4 is 17.5 Å². The summed E-state index contributed by atoms with van der Waals surface area (Å²) >= 11 is 1.74. The lowest BCUT2D eigenvalue weighted by molar-refractivity contribution is 0.00862. The molecule has 0 bridgehead atoms. The Bertz CT molecular complexity index is 739. The predicted octanol–water partition coefficient (Wildman–Crippen LogP) is 4.44. The van der Waals surface area contributed by atoms with Gasteiger partial charge in [0.1, 0.15) is 12.3 Å². The maximum atomic E-state index is 5.79. The van der Waals surface area contributed by atoms with E-state index in [0.717, 1.165) is 43.1 Å². The van der Waals surface area contributed by atoms with Crippen molar-refractivity contribution in [1.82, 2.24) is 4.90 Å². The molecule has 5 heteroatoms. The molecule has 1 aliphatic heterocycles. The standard InChI is InChI=1S/C22H28N2O2S/c1-22(2,24-13-15-25-16-14-24)21(19-9-11-20(27-3)12-10-19)23-26-17-18-7-5-4-6-8-18/h4-12H,13-17H2,1-3H3/b23-21+. The van der Waals surface area contributed by atoms with Crippen LogP contribution in [0.15, 0.2) is 64.6 Å². The Morgan fingerprint density at radius 1 is 1.07 bits per heavy atom. The van der Waals surface area contributed by atoms with Gasteiger partial charge in [-0.2, -0.15) is 0 Å². The Morgan fingerprint density at radius 3 is 2.37 bits per heavy atom. The lowest BCUT2D eigenvalue weighted by Crippen LogP contribution is -2.54. The molecule has 3 rings (SSSR count). The maximum Gasteiger partial charge on any atom is 0.142 e. The number of thioether (sulfide) groups is 1. The molecule has 1 heterocycles. The fourth-order valence-electron chi connectivity index (χ4n) is 3.28. The molecular formula is C22H28N2O2S. The van der Waals surface area contributed by atoms with E-state index < -0.39 is 0 Å². The first kappa shape index (κ1) is 19.9. The first-order chi connectivity index (χ1) is 13.1. The number of ether oxygens (including phenoxy) is 1. The van der Waals surface area contributed by atoms with Crippen LogP contribution in [0.4, 0.5) is 0 Å². The summed E-state index contributed by atoms with van der Waals surface area (Å²) in [5.74, 6) is 0. The third-order valence-corrected chi connectivity index (χ3v) is 5.72. The van der Waals surface area contributed by atoms with E-state index in [2.05, 4.69) is 66.6 Å². The fourth-order valence-corrected chi connectivity index (χ4v) is 3.69. The Balaban J connectivity index is 1.85. The molecule has 0 radical (unpaired) electrons. The van der Waals surface area contributed by atoms with Gasteiger partial charge in [-0.15, -0.1) is 11.8 Å². The lowest BCUT2D eigenvalue weighted by atomic mass is 9.90. The van der Waals surface area contributed by atoms with Crippen LogP contribution < -0.4 is 0 Å². The average Bonchev–Trinajstić information content (AvgIpc) is 2.73. The topological polar surface area (TPSA) is 34.1 Å². The summed E-state index contributed by atoms with van der Waals surface area (Å²) in [5, 5.41) is 4.62. The summed E-state index contributed by atoms with van der Waals surface area (Å²) in [4.78, 5) is 9.46. The van der Waals surface area contributed by atoms with Crippen molar-refractivity contribution in [3.63, 3.8) is 0 Å². The Morgan fingerprint density at radius 2 is 1.74 bits per heavy atom. The quantitative estimate of drug-likeness (QED) is 0.401. The second kappa shape index (κ2) is 9.40. The van der Waals surface area contributed by atoms with Gasteiger partial charge in [0.05, 0.1) is 18.8 Å². The molecule has 0 unspecified atom stereocenters. The van der Waals surface area contributed by atoms with Gasteiger partial charge in [0, 0.05) is 23.5 Å². The minimum atomic E-state index is -0.249. The van der Waals surface area contributed by atoms with Crippen molar-refractivity contribution in [2.75, 3.05) is 32.6 Å². The zero-order valence-electron chi connectivity index (χ0n) is 16.4. The number of benzene rings is 2. The number of oxime groups is 1. The van der Waals surface area contributed by atoms with Crippen LogP contribution in [0.1, 0.15) is 25.0 Å². The van der Waals surface area contributed by atoms with Crippen molar-refractivity contribution in [3.8, 4) is 0 Å². The van der Waals surface area contributed by atoms with E-state index in [1.54, 1.807) is 11.8 Å². The molecule has 2 aromatic rings. The Hall–Kier alpha value is -1.82. The third kappa shape index (κ3) is 5.12. The van der Waals surface area contributed by atoms with Crippen LogP contribution in [0.5, 0.6) is 0 Å². The van der Waals surface area contributed by atoms with Crippen molar-refractivity contribution < 1.29 is 9.57 Å². The number of morpholine rings is 1. The van der Waals surface area contributed by atoms with Crippen molar-refractivity contribution in [2.24, 2.45) is 5.16 Å². The molecule has 144 valence electrons. The second-order valence-electron chi connectivity index (χ2n) is 7.09. The minimum Gasteiger partial charge on any atom is -0.391 e. The summed E-state index contributed by atoms with van der Waals surface area (Å²) in [6, 6.07) is 18.7. The normalized spacial score (nSPS) is 16.3. The SMILES string of the molecule is CSc1ccc(/C(=N\OCc2ccccc2)C(C)(C)N2CCOCC2)cc1. The van der Waals surface area contributed by atoms with E-state index in [9.17, 15) is 0 Å². The summed E-state index contributed by atoms with van der Waals surface area (Å²) in [6.45, 7) is 8.20. The van der Waals surface area contributed by atoms with Gasteiger partial charge in [0.25, 0.3) is 0 Å². The van der Waals surface area contributed by atoms with E-state index in [1.165, 1.54) is 4.90 Å². The van der Waals surface area contributed by atoms with Crippen molar-refractivity contribution in [2.45, 2.75) is 30.9 Å². The van der Waals surface area contributed by atoms with Gasteiger partial charge < -0.3 is 9.57 Å². The van der Waals surface area contributed by atoms with Crippen LogP contribution in [-0.2, 0) is 16.2 Å². The van der Waals surface area contributed by atoms with E-state index in [0.29, 0.717) is 6.61 Å². The van der Waals surface area contributed by atoms with Crippen LogP contribution in [0.3, 0.4) is 0 Å². The minimum absolute atomic E-state index is 0.249. The molecule has 0 N–H and O–H groups in total. The molecule has 27 heavy (non-hydrogen) atoms. The van der Waals surface area contributed by atoms with Gasteiger partial charge >= 0.3 is 0 Å². The summed E-state index contributed by atoms with van der Waals surface area (Å²) in [7, 11) is 0. The highest BCUT2D eigenvalue weighted by atomic mass is 32.2. The molecule has 1 aliphatic rings. The van der Waals surface area contributed by atoms with Gasteiger partial charge in [-0.05, 0) is 37.8 Å². The highest BCUT2D eigenvalue weighted by Crippen LogP contribution is 2.25. The van der Waals surface area contributed by atoms with E-state index in [4.69, 9.17) is 9.57 Å². The Labute approximate surface area is 166 Å². The largest absolute Gasteiger partial charge is 0.391 e.